The van der Waals surface area contributed by atoms with Gasteiger partial charge < -0.3 is 30.6 Å². The Balaban J connectivity index is 0.000000319. The van der Waals surface area contributed by atoms with Gasteiger partial charge in [-0.2, -0.15) is 0 Å². The average Bonchev–Trinajstić information content (AvgIpc) is 3.20. The molecule has 5 N–H and O–H groups in total. The molecule has 0 aliphatic carbocycles. The zero-order valence-corrected chi connectivity index (χ0v) is 19.6. The van der Waals surface area contributed by atoms with Gasteiger partial charge in [0.2, 0.25) is 5.91 Å². The van der Waals surface area contributed by atoms with Crippen molar-refractivity contribution in [2.45, 2.75) is 25.7 Å². The molecule has 1 saturated heterocycles. The van der Waals surface area contributed by atoms with Crippen molar-refractivity contribution >= 4 is 52.2 Å². The fourth-order valence-electron chi connectivity index (χ4n) is 3.82. The predicted octanol–water partition coefficient (Wildman–Crippen LogP) is 0.963. The van der Waals surface area contributed by atoms with E-state index in [2.05, 4.69) is 28.2 Å². The van der Waals surface area contributed by atoms with Crippen LogP contribution in [0.3, 0.4) is 0 Å². The maximum atomic E-state index is 12.6. The van der Waals surface area contributed by atoms with Gasteiger partial charge >= 0.3 is 23.9 Å². The maximum Gasteiger partial charge on any atom is 0.414 e. The second-order valence-corrected chi connectivity index (χ2v) is 8.08. The van der Waals surface area contributed by atoms with Gasteiger partial charge in [-0.1, -0.05) is 24.6 Å². The first-order chi connectivity index (χ1) is 17.0. The van der Waals surface area contributed by atoms with Gasteiger partial charge in [0.15, 0.2) is 0 Å². The summed E-state index contributed by atoms with van der Waals surface area (Å²) in [7, 11) is 2.06. The third-order valence-corrected chi connectivity index (χ3v) is 5.48. The largest absolute Gasteiger partial charge is 0.473 e. The Labute approximate surface area is 205 Å². The Morgan fingerprint density at radius 3 is 1.97 bits per heavy atom. The van der Waals surface area contributed by atoms with E-state index in [9.17, 15) is 4.79 Å². The molecule has 36 heavy (non-hydrogen) atoms. The van der Waals surface area contributed by atoms with Crippen molar-refractivity contribution < 1.29 is 44.4 Å². The highest BCUT2D eigenvalue weighted by Gasteiger charge is 2.24. The Morgan fingerprint density at radius 1 is 0.861 bits per heavy atom. The number of pyridine rings is 1. The molecule has 1 fully saturated rings. The first kappa shape index (κ1) is 28.0. The first-order valence-corrected chi connectivity index (χ1v) is 11.1. The van der Waals surface area contributed by atoms with E-state index < -0.39 is 23.9 Å². The maximum absolute atomic E-state index is 12.6. The van der Waals surface area contributed by atoms with Crippen LogP contribution in [0.5, 0.6) is 0 Å². The molecule has 13 heteroatoms. The van der Waals surface area contributed by atoms with E-state index in [1.807, 2.05) is 18.2 Å². The summed E-state index contributed by atoms with van der Waals surface area (Å²) in [6.45, 7) is 3.51. The topological polar surface area (TPSA) is 198 Å². The lowest BCUT2D eigenvalue weighted by Crippen LogP contribution is -2.37. The highest BCUT2D eigenvalue weighted by Crippen LogP contribution is 2.36. The zero-order chi connectivity index (χ0) is 26.8. The van der Waals surface area contributed by atoms with Gasteiger partial charge in [0.25, 0.3) is 0 Å². The molecule has 1 amide bonds. The van der Waals surface area contributed by atoms with Crippen LogP contribution in [-0.2, 0) is 30.4 Å². The molecule has 2 aromatic rings. The number of carbonyl (C=O) groups excluding carboxylic acids is 1. The molecule has 4 rings (SSSR count). The highest BCUT2D eigenvalue weighted by molar-refractivity contribution is 6.27. The molecule has 194 valence electrons. The number of carbonyl (C=O) groups is 5. The highest BCUT2D eigenvalue weighted by atomic mass is 16.4. The summed E-state index contributed by atoms with van der Waals surface area (Å²) < 4.78 is 0. The molecule has 3 heterocycles. The number of fused-ring (bicyclic) bond motifs is 2. The minimum Gasteiger partial charge on any atom is -0.473 e. The SMILES string of the molecule is CN1CCc2c1nc1ccccc1c2NC(=O)CN1CCCCC1.O=C(O)C(=O)O.O=C(O)C(=O)O. The van der Waals surface area contributed by atoms with E-state index in [1.54, 1.807) is 0 Å². The molecule has 0 unspecified atom stereocenters. The number of nitrogens with one attached hydrogen (secondary N) is 1. The van der Waals surface area contributed by atoms with Crippen molar-refractivity contribution in [3.63, 3.8) is 0 Å². The monoisotopic (exact) mass is 504 g/mol. The smallest absolute Gasteiger partial charge is 0.414 e. The summed E-state index contributed by atoms with van der Waals surface area (Å²) in [5, 5.41) is 33.8. The van der Waals surface area contributed by atoms with Gasteiger partial charge in [0.05, 0.1) is 17.7 Å². The summed E-state index contributed by atoms with van der Waals surface area (Å²) in [5.41, 5.74) is 3.07. The molecule has 0 spiro atoms. The summed E-state index contributed by atoms with van der Waals surface area (Å²) in [5.74, 6) is -6.21. The number of aliphatic carboxylic acids is 4. The molecule has 0 atom stereocenters. The van der Waals surface area contributed by atoms with Crippen LogP contribution in [-0.4, -0.2) is 93.3 Å². The van der Waals surface area contributed by atoms with Crippen LogP contribution in [0, 0.1) is 0 Å². The average molecular weight is 504 g/mol. The number of benzene rings is 1. The molecule has 0 bridgehead atoms. The first-order valence-electron chi connectivity index (χ1n) is 11.1. The van der Waals surface area contributed by atoms with Crippen molar-refractivity contribution in [1.29, 1.82) is 0 Å². The van der Waals surface area contributed by atoms with Crippen molar-refractivity contribution in [2.75, 3.05) is 43.4 Å². The summed E-state index contributed by atoms with van der Waals surface area (Å²) >= 11 is 0. The van der Waals surface area contributed by atoms with E-state index in [1.165, 1.54) is 24.8 Å². The number of carboxylic acid groups (broad SMARTS) is 4. The van der Waals surface area contributed by atoms with Crippen LogP contribution in [0.1, 0.15) is 24.8 Å². The Hall–Kier alpha value is -4.26. The molecule has 2 aliphatic heterocycles. The minimum absolute atomic E-state index is 0.0880. The fraction of sp³-hybridized carbons (Fsp3) is 0.391. The van der Waals surface area contributed by atoms with E-state index >= 15 is 0 Å². The molecule has 0 saturated carbocycles. The number of hydrogen-bond acceptors (Lipinski definition) is 8. The number of para-hydroxylation sites is 1. The lowest BCUT2D eigenvalue weighted by molar-refractivity contribution is -0.159. The lowest BCUT2D eigenvalue weighted by Gasteiger charge is -2.26. The molecular formula is C23H28N4O9. The summed E-state index contributed by atoms with van der Waals surface area (Å²) in [6.07, 6.45) is 4.62. The number of anilines is 2. The number of piperidine rings is 1. The van der Waals surface area contributed by atoms with Crippen LogP contribution < -0.4 is 10.2 Å². The van der Waals surface area contributed by atoms with Gasteiger partial charge in [-0.3, -0.25) is 9.69 Å². The third-order valence-electron chi connectivity index (χ3n) is 5.48. The quantitative estimate of drug-likeness (QED) is 0.372. The number of rotatable bonds is 3. The van der Waals surface area contributed by atoms with Gasteiger partial charge in [0.1, 0.15) is 5.82 Å². The molecule has 1 aromatic heterocycles. The molecule has 13 nitrogen and oxygen atoms in total. The van der Waals surface area contributed by atoms with E-state index in [0.717, 1.165) is 48.5 Å². The number of amides is 1. The number of nitrogens with zero attached hydrogens (tertiary/aromatic N) is 3. The zero-order valence-electron chi connectivity index (χ0n) is 19.6. The van der Waals surface area contributed by atoms with Crippen LogP contribution in [0.4, 0.5) is 11.5 Å². The summed E-state index contributed by atoms with van der Waals surface area (Å²) in [4.78, 5) is 58.2. The van der Waals surface area contributed by atoms with E-state index in [4.69, 9.17) is 44.6 Å². The molecule has 1 aromatic carbocycles. The number of hydrogen-bond donors (Lipinski definition) is 5. The van der Waals surface area contributed by atoms with Gasteiger partial charge in [-0.15, -0.1) is 0 Å². The number of aromatic nitrogens is 1. The minimum atomic E-state index is -1.82. The number of likely N-dealkylation sites (tertiary alicyclic amines) is 1. The Bertz CT molecular complexity index is 1100. The van der Waals surface area contributed by atoms with Gasteiger partial charge in [0, 0.05) is 24.5 Å². The Morgan fingerprint density at radius 2 is 1.42 bits per heavy atom. The van der Waals surface area contributed by atoms with Crippen molar-refractivity contribution in [3.05, 3.63) is 29.8 Å². The standard InChI is InChI=1S/C19H24N4O.2C2H2O4/c1-22-12-9-15-18(14-7-3-4-8-16(14)20-19(15)22)21-17(24)13-23-10-5-2-6-11-23;2*3-1(4)2(5)6/h3-4,7-8H,2,5-6,9-13H2,1H3,(H,20,21,24);2*(H,3,4)(H,5,6). The third kappa shape index (κ3) is 7.91. The number of likely N-dealkylation sites (N-methyl/N-ethyl adjacent to an activating group) is 1. The van der Waals surface area contributed by atoms with E-state index in [-0.39, 0.29) is 5.91 Å². The Kier molecular flexibility index (Phi) is 10.1. The van der Waals surface area contributed by atoms with E-state index in [0.29, 0.717) is 6.54 Å². The normalized spacial score (nSPS) is 14.4. The predicted molar refractivity (Wildman–Crippen MR) is 128 cm³/mol. The van der Waals surface area contributed by atoms with Crippen molar-refractivity contribution in [3.8, 4) is 0 Å². The fourth-order valence-corrected chi connectivity index (χ4v) is 3.82. The molecule has 0 radical (unpaired) electrons. The second-order valence-electron chi connectivity index (χ2n) is 8.08. The summed E-state index contributed by atoms with van der Waals surface area (Å²) in [6, 6.07) is 8.07. The van der Waals surface area contributed by atoms with Gasteiger partial charge in [-0.25, -0.2) is 24.2 Å². The van der Waals surface area contributed by atoms with Crippen LogP contribution in [0.15, 0.2) is 24.3 Å². The lowest BCUT2D eigenvalue weighted by atomic mass is 10.1. The van der Waals surface area contributed by atoms with Crippen molar-refractivity contribution in [1.82, 2.24) is 9.88 Å². The second kappa shape index (κ2) is 13.0. The van der Waals surface area contributed by atoms with Crippen LogP contribution >= 0.6 is 0 Å². The number of carboxylic acids is 4. The molecule has 2 aliphatic rings. The van der Waals surface area contributed by atoms with Crippen LogP contribution in [0.2, 0.25) is 0 Å². The van der Waals surface area contributed by atoms with Crippen LogP contribution in [0.25, 0.3) is 10.9 Å². The van der Waals surface area contributed by atoms with Crippen molar-refractivity contribution in [2.24, 2.45) is 0 Å². The molecular weight excluding hydrogens is 476 g/mol. The van der Waals surface area contributed by atoms with Gasteiger partial charge in [-0.05, 0) is 38.4 Å².